The molecule has 1 saturated carbocycles. The van der Waals surface area contributed by atoms with Crippen molar-refractivity contribution >= 4 is 12.0 Å². The van der Waals surface area contributed by atoms with Crippen molar-refractivity contribution < 1.29 is 14.3 Å². The van der Waals surface area contributed by atoms with Gasteiger partial charge in [0.2, 0.25) is 0 Å². The Labute approximate surface area is 109 Å². The Hall–Kier alpha value is -1.26. The van der Waals surface area contributed by atoms with Gasteiger partial charge in [0.05, 0.1) is 13.0 Å². The molecule has 0 aromatic rings. The molecule has 0 heterocycles. The number of rotatable bonds is 3. The lowest BCUT2D eigenvalue weighted by Crippen LogP contribution is -2.47. The molecular formula is C13H24N2O3. The molecule has 0 aliphatic heterocycles. The van der Waals surface area contributed by atoms with Crippen LogP contribution in [0, 0.1) is 5.92 Å². The van der Waals surface area contributed by atoms with Crippen LogP contribution in [0.2, 0.25) is 0 Å². The van der Waals surface area contributed by atoms with Gasteiger partial charge < -0.3 is 15.0 Å². The molecule has 1 N–H and O–H groups in total. The molecule has 104 valence electrons. The number of urea groups is 1. The van der Waals surface area contributed by atoms with Gasteiger partial charge in [-0.2, -0.15) is 0 Å². The highest BCUT2D eigenvalue weighted by Crippen LogP contribution is 2.27. The number of hydrogen-bond acceptors (Lipinski definition) is 3. The van der Waals surface area contributed by atoms with Crippen molar-refractivity contribution in [2.24, 2.45) is 5.92 Å². The lowest BCUT2D eigenvalue weighted by Gasteiger charge is -2.34. The summed E-state index contributed by atoms with van der Waals surface area (Å²) in [6, 6.07) is 0.336. The summed E-state index contributed by atoms with van der Waals surface area (Å²) in [4.78, 5) is 25.0. The Morgan fingerprint density at radius 1 is 1.22 bits per heavy atom. The summed E-state index contributed by atoms with van der Waals surface area (Å²) in [5, 5.41) is 2.88. The third kappa shape index (κ3) is 3.89. The average molecular weight is 256 g/mol. The van der Waals surface area contributed by atoms with Crippen molar-refractivity contribution in [1.82, 2.24) is 10.2 Å². The summed E-state index contributed by atoms with van der Waals surface area (Å²) >= 11 is 0. The van der Waals surface area contributed by atoms with Gasteiger partial charge in [0.25, 0.3) is 0 Å². The van der Waals surface area contributed by atoms with E-state index in [1.54, 1.807) is 4.90 Å². The molecule has 0 aromatic heterocycles. The molecule has 1 fully saturated rings. The maximum absolute atomic E-state index is 11.8. The highest BCUT2D eigenvalue weighted by atomic mass is 16.5. The standard InChI is InChI=1S/C13H24N2O3/c1-9(2)14-13(17)15(3)11-7-5-10(6-8-11)12(16)18-4/h9-11H,5-8H2,1-4H3,(H,14,17). The van der Waals surface area contributed by atoms with Gasteiger partial charge in [-0.05, 0) is 39.5 Å². The van der Waals surface area contributed by atoms with Gasteiger partial charge in [0, 0.05) is 19.1 Å². The zero-order valence-electron chi connectivity index (χ0n) is 11.7. The lowest BCUT2D eigenvalue weighted by molar-refractivity contribution is -0.146. The van der Waals surface area contributed by atoms with E-state index in [0.29, 0.717) is 0 Å². The maximum Gasteiger partial charge on any atom is 0.317 e. The van der Waals surface area contributed by atoms with Crippen LogP contribution >= 0.6 is 0 Å². The van der Waals surface area contributed by atoms with Crippen LogP contribution in [0.3, 0.4) is 0 Å². The van der Waals surface area contributed by atoms with E-state index in [-0.39, 0.29) is 30.0 Å². The van der Waals surface area contributed by atoms with Crippen molar-refractivity contribution in [2.45, 2.75) is 51.6 Å². The van der Waals surface area contributed by atoms with E-state index < -0.39 is 0 Å². The zero-order chi connectivity index (χ0) is 13.7. The van der Waals surface area contributed by atoms with Crippen molar-refractivity contribution in [1.29, 1.82) is 0 Å². The van der Waals surface area contributed by atoms with Crippen LogP contribution in [0.4, 0.5) is 4.79 Å². The fourth-order valence-electron chi connectivity index (χ4n) is 2.38. The first-order chi connectivity index (χ1) is 8.45. The van der Waals surface area contributed by atoms with E-state index in [1.807, 2.05) is 20.9 Å². The van der Waals surface area contributed by atoms with Gasteiger partial charge >= 0.3 is 12.0 Å². The topological polar surface area (TPSA) is 58.6 Å². The third-order valence-electron chi connectivity index (χ3n) is 3.51. The summed E-state index contributed by atoms with van der Waals surface area (Å²) < 4.78 is 4.75. The second-order valence-corrected chi connectivity index (χ2v) is 5.24. The normalized spacial score (nSPS) is 23.6. The first kappa shape index (κ1) is 14.8. The first-order valence-electron chi connectivity index (χ1n) is 6.56. The fourth-order valence-corrected chi connectivity index (χ4v) is 2.38. The minimum Gasteiger partial charge on any atom is -0.469 e. The molecule has 18 heavy (non-hydrogen) atoms. The van der Waals surface area contributed by atoms with Crippen molar-refractivity contribution in [2.75, 3.05) is 14.2 Å². The van der Waals surface area contributed by atoms with E-state index in [1.165, 1.54) is 7.11 Å². The van der Waals surface area contributed by atoms with E-state index in [4.69, 9.17) is 4.74 Å². The van der Waals surface area contributed by atoms with Gasteiger partial charge in [-0.1, -0.05) is 0 Å². The number of nitrogens with one attached hydrogen (secondary N) is 1. The molecule has 1 aliphatic carbocycles. The van der Waals surface area contributed by atoms with Crippen LogP contribution in [0.1, 0.15) is 39.5 Å². The number of ether oxygens (including phenoxy) is 1. The van der Waals surface area contributed by atoms with Crippen molar-refractivity contribution in [3.63, 3.8) is 0 Å². The molecular weight excluding hydrogens is 232 g/mol. The third-order valence-corrected chi connectivity index (χ3v) is 3.51. The molecule has 0 atom stereocenters. The minimum absolute atomic E-state index is 0.00723. The molecule has 0 aromatic carbocycles. The van der Waals surface area contributed by atoms with Crippen LogP contribution in [-0.2, 0) is 9.53 Å². The largest absolute Gasteiger partial charge is 0.469 e. The van der Waals surface area contributed by atoms with E-state index in [2.05, 4.69) is 5.32 Å². The molecule has 0 spiro atoms. The number of amides is 2. The Balaban J connectivity index is 2.42. The van der Waals surface area contributed by atoms with Crippen molar-refractivity contribution in [3.05, 3.63) is 0 Å². The average Bonchev–Trinajstić information content (AvgIpc) is 2.36. The number of methoxy groups -OCH3 is 1. The summed E-state index contributed by atoms with van der Waals surface area (Å²) in [6.07, 6.45) is 3.33. The molecule has 0 radical (unpaired) electrons. The Morgan fingerprint density at radius 3 is 2.22 bits per heavy atom. The molecule has 1 aliphatic rings. The second kappa shape index (κ2) is 6.61. The van der Waals surface area contributed by atoms with Crippen LogP contribution in [-0.4, -0.2) is 43.1 Å². The zero-order valence-corrected chi connectivity index (χ0v) is 11.7. The molecule has 5 nitrogen and oxygen atoms in total. The minimum atomic E-state index is -0.122. The number of hydrogen-bond donors (Lipinski definition) is 1. The van der Waals surface area contributed by atoms with Crippen LogP contribution in [0.15, 0.2) is 0 Å². The number of esters is 1. The molecule has 1 rings (SSSR count). The maximum atomic E-state index is 11.8. The smallest absolute Gasteiger partial charge is 0.317 e. The Kier molecular flexibility index (Phi) is 5.44. The van der Waals surface area contributed by atoms with Gasteiger partial charge in [0.1, 0.15) is 0 Å². The fraction of sp³-hybridized carbons (Fsp3) is 0.846. The number of nitrogens with zero attached hydrogens (tertiary/aromatic N) is 1. The van der Waals surface area contributed by atoms with Gasteiger partial charge in [0.15, 0.2) is 0 Å². The monoisotopic (exact) mass is 256 g/mol. The lowest BCUT2D eigenvalue weighted by atomic mass is 9.85. The molecule has 0 saturated heterocycles. The predicted octanol–water partition coefficient (Wildman–Crippen LogP) is 1.77. The van der Waals surface area contributed by atoms with Gasteiger partial charge in [-0.25, -0.2) is 4.79 Å². The number of carbonyl (C=O) groups excluding carboxylic acids is 2. The van der Waals surface area contributed by atoms with Crippen LogP contribution < -0.4 is 5.32 Å². The quantitative estimate of drug-likeness (QED) is 0.783. The Bertz CT molecular complexity index is 297. The molecule has 0 unspecified atom stereocenters. The van der Waals surface area contributed by atoms with Crippen LogP contribution in [0.5, 0.6) is 0 Å². The van der Waals surface area contributed by atoms with Crippen molar-refractivity contribution in [3.8, 4) is 0 Å². The molecule has 2 amide bonds. The van der Waals surface area contributed by atoms with E-state index in [0.717, 1.165) is 25.7 Å². The molecule has 0 bridgehead atoms. The summed E-state index contributed by atoms with van der Waals surface area (Å²) in [7, 11) is 3.25. The highest BCUT2D eigenvalue weighted by Gasteiger charge is 2.30. The SMILES string of the molecule is COC(=O)C1CCC(N(C)C(=O)NC(C)C)CC1. The summed E-state index contributed by atoms with van der Waals surface area (Å²) in [5.41, 5.74) is 0. The van der Waals surface area contributed by atoms with Crippen LogP contribution in [0.25, 0.3) is 0 Å². The summed E-state index contributed by atoms with van der Waals surface area (Å²) in [6.45, 7) is 3.89. The molecule has 5 heteroatoms. The second-order valence-electron chi connectivity index (χ2n) is 5.24. The highest BCUT2D eigenvalue weighted by molar-refractivity contribution is 5.75. The van der Waals surface area contributed by atoms with E-state index in [9.17, 15) is 9.59 Å². The Morgan fingerprint density at radius 2 is 1.78 bits per heavy atom. The first-order valence-corrected chi connectivity index (χ1v) is 6.56. The van der Waals surface area contributed by atoms with Gasteiger partial charge in [-0.15, -0.1) is 0 Å². The van der Waals surface area contributed by atoms with Gasteiger partial charge in [-0.3, -0.25) is 4.79 Å². The van der Waals surface area contributed by atoms with E-state index >= 15 is 0 Å². The predicted molar refractivity (Wildman–Crippen MR) is 69.2 cm³/mol. The summed E-state index contributed by atoms with van der Waals surface area (Å²) in [5.74, 6) is -0.115. The number of carbonyl (C=O) groups is 2.